The van der Waals surface area contributed by atoms with Gasteiger partial charge >= 0.3 is 0 Å². The molecule has 0 saturated heterocycles. The van der Waals surface area contributed by atoms with Crippen LogP contribution >= 0.6 is 11.3 Å². The van der Waals surface area contributed by atoms with Crippen LogP contribution in [0.5, 0.6) is 0 Å². The van der Waals surface area contributed by atoms with Gasteiger partial charge in [0.15, 0.2) is 5.13 Å². The molecular weight excluding hydrogens is 264 g/mol. The molecule has 0 saturated carbocycles. The Morgan fingerprint density at radius 1 is 1.68 bits per heavy atom. The van der Waals surface area contributed by atoms with Gasteiger partial charge in [-0.2, -0.15) is 5.10 Å². The van der Waals surface area contributed by atoms with Gasteiger partial charge in [-0.25, -0.2) is 14.6 Å². The summed E-state index contributed by atoms with van der Waals surface area (Å²) < 4.78 is 1.47. The zero-order valence-corrected chi connectivity index (χ0v) is 11.0. The number of rotatable bonds is 3. The Kier molecular flexibility index (Phi) is 4.22. The first kappa shape index (κ1) is 13.2. The van der Waals surface area contributed by atoms with Gasteiger partial charge in [0.05, 0.1) is 17.6 Å². The molecule has 0 aliphatic rings. The first-order valence-corrected chi connectivity index (χ1v) is 6.32. The van der Waals surface area contributed by atoms with E-state index in [2.05, 4.69) is 32.2 Å². The maximum atomic E-state index is 11.9. The van der Waals surface area contributed by atoms with E-state index in [0.717, 1.165) is 4.88 Å². The quantitative estimate of drug-likeness (QED) is 0.783. The highest BCUT2D eigenvalue weighted by molar-refractivity contribution is 7.16. The van der Waals surface area contributed by atoms with Crippen molar-refractivity contribution in [2.24, 2.45) is 5.73 Å². The fourth-order valence-corrected chi connectivity index (χ4v) is 1.97. The average molecular weight is 276 g/mol. The van der Waals surface area contributed by atoms with E-state index in [9.17, 15) is 4.79 Å². The smallest absolute Gasteiger partial charge is 0.250 e. The van der Waals surface area contributed by atoms with Crippen molar-refractivity contribution in [1.29, 1.82) is 0 Å². The van der Waals surface area contributed by atoms with Crippen molar-refractivity contribution in [2.75, 3.05) is 11.9 Å². The molecule has 98 valence electrons. The lowest BCUT2D eigenvalue weighted by molar-refractivity contribution is -0.119. The minimum atomic E-state index is -0.454. The largest absolute Gasteiger partial charge is 0.320 e. The Morgan fingerprint density at radius 2 is 2.53 bits per heavy atom. The first-order valence-electron chi connectivity index (χ1n) is 5.50. The van der Waals surface area contributed by atoms with E-state index in [0.29, 0.717) is 11.7 Å². The maximum absolute atomic E-state index is 11.9. The van der Waals surface area contributed by atoms with E-state index >= 15 is 0 Å². The molecule has 0 fully saturated rings. The minimum Gasteiger partial charge on any atom is -0.320 e. The number of anilines is 1. The first-order chi connectivity index (χ1) is 9.20. The summed E-state index contributed by atoms with van der Waals surface area (Å²) in [5.74, 6) is 5.38. The summed E-state index contributed by atoms with van der Waals surface area (Å²) >= 11 is 1.30. The van der Waals surface area contributed by atoms with E-state index in [4.69, 9.17) is 5.73 Å². The van der Waals surface area contributed by atoms with E-state index in [1.54, 1.807) is 13.1 Å². The number of hydrogen-bond donors (Lipinski definition) is 2. The Labute approximate surface area is 113 Å². The topological polar surface area (TPSA) is 98.7 Å². The van der Waals surface area contributed by atoms with Gasteiger partial charge < -0.3 is 11.1 Å². The predicted octanol–water partition coefficient (Wildman–Crippen LogP) is 0.244. The molecule has 0 bridgehead atoms. The summed E-state index contributed by atoms with van der Waals surface area (Å²) in [7, 11) is 0. The summed E-state index contributed by atoms with van der Waals surface area (Å²) in [4.78, 5) is 20.6. The summed E-state index contributed by atoms with van der Waals surface area (Å²) in [6, 6.07) is -0.454. The number of carbonyl (C=O) groups is 1. The SMILES string of the molecule is CC(C(=O)Nc1ncc(C#CCN)s1)n1cncn1. The molecule has 3 N–H and O–H groups in total. The Balaban J connectivity index is 2.01. The van der Waals surface area contributed by atoms with E-state index in [1.807, 2.05) is 0 Å². The lowest BCUT2D eigenvalue weighted by atomic mass is 10.3. The highest BCUT2D eigenvalue weighted by Gasteiger charge is 2.16. The number of nitrogens with one attached hydrogen (secondary N) is 1. The minimum absolute atomic E-state index is 0.210. The van der Waals surface area contributed by atoms with Crippen LogP contribution < -0.4 is 11.1 Å². The Morgan fingerprint density at radius 3 is 3.21 bits per heavy atom. The van der Waals surface area contributed by atoms with Crippen LogP contribution in [0.3, 0.4) is 0 Å². The summed E-state index contributed by atoms with van der Waals surface area (Å²) in [6.07, 6.45) is 4.47. The van der Waals surface area contributed by atoms with Crippen molar-refractivity contribution in [3.63, 3.8) is 0 Å². The van der Waals surface area contributed by atoms with Crippen LogP contribution in [0.4, 0.5) is 5.13 Å². The number of amides is 1. The second kappa shape index (κ2) is 6.08. The van der Waals surface area contributed by atoms with Crippen LogP contribution in [0.15, 0.2) is 18.9 Å². The maximum Gasteiger partial charge on any atom is 0.250 e. The summed E-state index contributed by atoms with van der Waals surface area (Å²) in [5, 5.41) is 7.12. The van der Waals surface area contributed by atoms with Crippen molar-refractivity contribution < 1.29 is 4.79 Å². The van der Waals surface area contributed by atoms with E-state index < -0.39 is 6.04 Å². The van der Waals surface area contributed by atoms with Gasteiger partial charge in [-0.15, -0.1) is 0 Å². The van der Waals surface area contributed by atoms with Gasteiger partial charge in [-0.05, 0) is 6.92 Å². The zero-order valence-electron chi connectivity index (χ0n) is 10.2. The molecule has 19 heavy (non-hydrogen) atoms. The molecule has 0 aromatic carbocycles. The monoisotopic (exact) mass is 276 g/mol. The number of nitrogens with zero attached hydrogens (tertiary/aromatic N) is 4. The molecule has 1 atom stereocenters. The molecule has 1 amide bonds. The number of nitrogens with two attached hydrogens (primary N) is 1. The van der Waals surface area contributed by atoms with Crippen LogP contribution in [0.2, 0.25) is 0 Å². The molecule has 7 nitrogen and oxygen atoms in total. The number of thiazole rings is 1. The second-order valence-electron chi connectivity index (χ2n) is 3.58. The van der Waals surface area contributed by atoms with Gasteiger partial charge in [-0.1, -0.05) is 23.2 Å². The normalized spacial score (nSPS) is 11.5. The van der Waals surface area contributed by atoms with Crippen molar-refractivity contribution in [3.8, 4) is 11.8 Å². The van der Waals surface area contributed by atoms with Crippen LogP contribution in [-0.4, -0.2) is 32.2 Å². The Bertz CT molecular complexity index is 609. The Hall–Kier alpha value is -2.24. The van der Waals surface area contributed by atoms with Gasteiger partial charge in [0.1, 0.15) is 18.7 Å². The van der Waals surface area contributed by atoms with Crippen molar-refractivity contribution in [2.45, 2.75) is 13.0 Å². The van der Waals surface area contributed by atoms with Crippen LogP contribution in [0.1, 0.15) is 17.8 Å². The standard InChI is InChI=1S/C11H12N6OS/c1-8(17-7-13-6-15-17)10(18)16-11-14-5-9(19-11)3-2-4-12/h5-8H,4,12H2,1H3,(H,14,16,18). The number of aromatic nitrogens is 4. The predicted molar refractivity (Wildman–Crippen MR) is 71.4 cm³/mol. The molecule has 0 aliphatic heterocycles. The van der Waals surface area contributed by atoms with Gasteiger partial charge in [0, 0.05) is 0 Å². The van der Waals surface area contributed by atoms with Crippen LogP contribution in [0, 0.1) is 11.8 Å². The van der Waals surface area contributed by atoms with Crippen molar-refractivity contribution in [1.82, 2.24) is 19.7 Å². The molecule has 2 aromatic heterocycles. The summed E-state index contributed by atoms with van der Waals surface area (Å²) in [5.41, 5.74) is 5.28. The number of carbonyl (C=O) groups excluding carboxylic acids is 1. The van der Waals surface area contributed by atoms with E-state index in [1.165, 1.54) is 28.7 Å². The fraction of sp³-hybridized carbons (Fsp3) is 0.273. The van der Waals surface area contributed by atoms with E-state index in [-0.39, 0.29) is 5.91 Å². The van der Waals surface area contributed by atoms with Crippen molar-refractivity contribution >= 4 is 22.4 Å². The molecule has 0 spiro atoms. The molecule has 2 rings (SSSR count). The molecule has 8 heteroatoms. The lowest BCUT2D eigenvalue weighted by Crippen LogP contribution is -2.23. The second-order valence-corrected chi connectivity index (χ2v) is 4.61. The third kappa shape index (κ3) is 3.37. The van der Waals surface area contributed by atoms with Gasteiger partial charge in [-0.3, -0.25) is 4.79 Å². The van der Waals surface area contributed by atoms with Crippen molar-refractivity contribution in [3.05, 3.63) is 23.7 Å². The highest BCUT2D eigenvalue weighted by atomic mass is 32.1. The van der Waals surface area contributed by atoms with Crippen LogP contribution in [0.25, 0.3) is 0 Å². The highest BCUT2D eigenvalue weighted by Crippen LogP contribution is 2.18. The molecule has 1 unspecified atom stereocenters. The third-order valence-corrected chi connectivity index (χ3v) is 3.09. The van der Waals surface area contributed by atoms with Gasteiger partial charge in [0.2, 0.25) is 0 Å². The average Bonchev–Trinajstić information content (AvgIpc) is 3.06. The molecule has 2 aromatic rings. The molecule has 0 radical (unpaired) electrons. The fourth-order valence-electron chi connectivity index (χ4n) is 1.28. The zero-order chi connectivity index (χ0) is 13.7. The van der Waals surface area contributed by atoms with Gasteiger partial charge in [0.25, 0.3) is 5.91 Å². The van der Waals surface area contributed by atoms with Crippen LogP contribution in [-0.2, 0) is 4.79 Å². The molecular formula is C11H12N6OS. The molecule has 0 aliphatic carbocycles. The lowest BCUT2D eigenvalue weighted by Gasteiger charge is -2.09. The summed E-state index contributed by atoms with van der Waals surface area (Å²) in [6.45, 7) is 2.02. The third-order valence-electron chi connectivity index (χ3n) is 2.26. The number of hydrogen-bond acceptors (Lipinski definition) is 6. The molecule has 2 heterocycles.